The van der Waals surface area contributed by atoms with Crippen LogP contribution in [0.4, 0.5) is 0 Å². The Morgan fingerprint density at radius 2 is 2.38 bits per heavy atom. The molecule has 1 unspecified atom stereocenters. The van der Waals surface area contributed by atoms with Gasteiger partial charge in [-0.15, -0.1) is 0 Å². The molecule has 5 N–H and O–H groups in total. The molecule has 13 heavy (non-hydrogen) atoms. The van der Waals surface area contributed by atoms with Gasteiger partial charge in [0.15, 0.2) is 0 Å². The van der Waals surface area contributed by atoms with E-state index in [4.69, 9.17) is 5.73 Å². The number of carboxylic acid groups (broad SMARTS) is 1. The molecule has 0 saturated heterocycles. The summed E-state index contributed by atoms with van der Waals surface area (Å²) in [6.45, 7) is 0. The Bertz CT molecular complexity index is 239. The van der Waals surface area contributed by atoms with Gasteiger partial charge in [-0.05, 0) is 0 Å². The molecule has 0 saturated carbocycles. The molecule has 1 aromatic heterocycles. The number of nitrogens with two attached hydrogens (primary N) is 1. The Morgan fingerprint density at radius 1 is 1.77 bits per heavy atom. The summed E-state index contributed by atoms with van der Waals surface area (Å²) in [4.78, 5) is 16.6. The Kier molecular flexibility index (Phi) is 8.18. The molecular weight excluding hydrogens is 185 g/mol. The van der Waals surface area contributed by atoms with Crippen LogP contribution in [0.1, 0.15) is 5.69 Å². The molecule has 0 aliphatic carbocycles. The zero-order valence-corrected chi connectivity index (χ0v) is 9.28. The van der Waals surface area contributed by atoms with Gasteiger partial charge >= 0.3 is 29.6 Å². The van der Waals surface area contributed by atoms with Crippen LogP contribution in [0.3, 0.4) is 0 Å². The smallest absolute Gasteiger partial charge is 0.548 e. The largest absolute Gasteiger partial charge is 1.00 e. The standard InChI is InChI=1S/C6H9N3O2.Na.H2O/c7-5(6(10)11)1-4-2-8-3-9-4;;/h2-3,5H,1,7H2,(H,8,9)(H,10,11);;1H2/q;+1;/p-1. The zero-order chi connectivity index (χ0) is 8.27. The van der Waals surface area contributed by atoms with Crippen LogP contribution in [0.15, 0.2) is 12.5 Å². The van der Waals surface area contributed by atoms with Crippen LogP contribution >= 0.6 is 0 Å². The number of carbonyl (C=O) groups is 1. The van der Waals surface area contributed by atoms with Gasteiger partial charge in [0.2, 0.25) is 0 Å². The molecule has 6 nitrogen and oxygen atoms in total. The van der Waals surface area contributed by atoms with Gasteiger partial charge in [0.25, 0.3) is 0 Å². The minimum atomic E-state index is -1.25. The molecule has 1 atom stereocenters. The Hall–Kier alpha value is -0.400. The van der Waals surface area contributed by atoms with Crippen LogP contribution in [0.25, 0.3) is 0 Å². The molecule has 68 valence electrons. The first kappa shape index (κ1) is 15.1. The molecule has 0 bridgehead atoms. The fourth-order valence-corrected chi connectivity index (χ4v) is 0.717. The van der Waals surface area contributed by atoms with Crippen molar-refractivity contribution in [3.05, 3.63) is 18.2 Å². The third kappa shape index (κ3) is 5.02. The summed E-state index contributed by atoms with van der Waals surface area (Å²) in [6, 6.07) is -0.963. The Morgan fingerprint density at radius 3 is 2.77 bits per heavy atom. The number of aliphatic carboxylic acids is 1. The van der Waals surface area contributed by atoms with E-state index in [1.807, 2.05) is 0 Å². The van der Waals surface area contributed by atoms with Gasteiger partial charge in [0.1, 0.15) is 0 Å². The maximum atomic E-state index is 10.2. The van der Waals surface area contributed by atoms with Crippen molar-refractivity contribution < 1.29 is 44.9 Å². The number of aromatic amines is 1. The molecular formula is C6H10N3NaO3. The van der Waals surface area contributed by atoms with E-state index in [0.717, 1.165) is 0 Å². The van der Waals surface area contributed by atoms with Gasteiger partial charge in [-0.2, -0.15) is 0 Å². The maximum Gasteiger partial charge on any atom is 1.00 e. The van der Waals surface area contributed by atoms with Gasteiger partial charge in [0.05, 0.1) is 12.3 Å². The molecule has 0 aromatic carbocycles. The van der Waals surface area contributed by atoms with Gasteiger partial charge in [0, 0.05) is 24.4 Å². The fraction of sp³-hybridized carbons (Fsp3) is 0.333. The van der Waals surface area contributed by atoms with E-state index in [-0.39, 0.29) is 41.5 Å². The second kappa shape index (κ2) is 7.05. The minimum Gasteiger partial charge on any atom is -0.548 e. The van der Waals surface area contributed by atoms with Crippen molar-refractivity contribution in [2.75, 3.05) is 0 Å². The van der Waals surface area contributed by atoms with Crippen molar-refractivity contribution in [1.29, 1.82) is 0 Å². The first-order valence-electron chi connectivity index (χ1n) is 3.14. The van der Waals surface area contributed by atoms with Crippen LogP contribution in [-0.4, -0.2) is 27.5 Å². The average molecular weight is 195 g/mol. The van der Waals surface area contributed by atoms with Crippen LogP contribution in [0.2, 0.25) is 0 Å². The van der Waals surface area contributed by atoms with Gasteiger partial charge in [-0.1, -0.05) is 0 Å². The molecule has 7 heteroatoms. The number of nitrogens with zero attached hydrogens (tertiary/aromatic N) is 1. The van der Waals surface area contributed by atoms with Gasteiger partial charge in [-0.25, -0.2) is 4.98 Å². The molecule has 1 aromatic rings. The monoisotopic (exact) mass is 195 g/mol. The van der Waals surface area contributed by atoms with E-state index in [9.17, 15) is 9.90 Å². The van der Waals surface area contributed by atoms with E-state index in [2.05, 4.69) is 9.97 Å². The average Bonchev–Trinajstić information content (AvgIpc) is 2.39. The van der Waals surface area contributed by atoms with Crippen LogP contribution < -0.4 is 40.4 Å². The van der Waals surface area contributed by atoms with Crippen molar-refractivity contribution in [2.45, 2.75) is 12.5 Å². The van der Waals surface area contributed by atoms with Crippen molar-refractivity contribution >= 4 is 5.97 Å². The number of carbonyl (C=O) groups excluding carboxylic acids is 1. The molecule has 0 aliphatic rings. The summed E-state index contributed by atoms with van der Waals surface area (Å²) >= 11 is 0. The molecule has 1 rings (SSSR count). The second-order valence-electron chi connectivity index (χ2n) is 2.21. The number of hydrogen-bond donors (Lipinski definition) is 2. The van der Waals surface area contributed by atoms with Crippen molar-refractivity contribution in [3.63, 3.8) is 0 Å². The fourth-order valence-electron chi connectivity index (χ4n) is 0.717. The molecule has 1 heterocycles. The summed E-state index contributed by atoms with van der Waals surface area (Å²) in [5.74, 6) is -1.25. The van der Waals surface area contributed by atoms with Crippen LogP contribution in [-0.2, 0) is 11.2 Å². The normalized spacial score (nSPS) is 10.8. The number of carboxylic acids is 1. The molecule has 0 fully saturated rings. The summed E-state index contributed by atoms with van der Waals surface area (Å²) < 4.78 is 0. The third-order valence-corrected chi connectivity index (χ3v) is 1.30. The summed E-state index contributed by atoms with van der Waals surface area (Å²) in [5.41, 5.74) is 5.89. The number of imidazole rings is 1. The predicted octanol–water partition coefficient (Wildman–Crippen LogP) is -5.79. The number of H-pyrrole nitrogens is 1. The number of aromatic nitrogens is 2. The van der Waals surface area contributed by atoms with Crippen molar-refractivity contribution in [2.24, 2.45) is 5.73 Å². The molecule has 0 aliphatic heterocycles. The summed E-state index contributed by atoms with van der Waals surface area (Å²) in [7, 11) is 0. The zero-order valence-electron chi connectivity index (χ0n) is 7.28. The number of nitrogens with one attached hydrogen (secondary N) is 1. The van der Waals surface area contributed by atoms with Crippen LogP contribution in [0, 0.1) is 0 Å². The summed E-state index contributed by atoms with van der Waals surface area (Å²) in [5, 5.41) is 10.2. The maximum absolute atomic E-state index is 10.2. The van der Waals surface area contributed by atoms with E-state index >= 15 is 0 Å². The van der Waals surface area contributed by atoms with E-state index in [1.54, 1.807) is 0 Å². The SMILES string of the molecule is NC(Cc1cnc[nH]1)C(=O)[O-].O.[Na+]. The quantitative estimate of drug-likeness (QED) is 0.466. The van der Waals surface area contributed by atoms with Crippen molar-refractivity contribution in [3.8, 4) is 0 Å². The second-order valence-corrected chi connectivity index (χ2v) is 2.21. The molecule has 0 radical (unpaired) electrons. The first-order chi connectivity index (χ1) is 5.20. The molecule has 0 spiro atoms. The predicted molar refractivity (Wildman–Crippen MR) is 38.9 cm³/mol. The van der Waals surface area contributed by atoms with E-state index in [1.165, 1.54) is 12.5 Å². The van der Waals surface area contributed by atoms with E-state index < -0.39 is 12.0 Å². The number of hydrogen-bond acceptors (Lipinski definition) is 4. The van der Waals surface area contributed by atoms with E-state index in [0.29, 0.717) is 5.69 Å². The molecule has 0 amide bonds. The summed E-state index contributed by atoms with van der Waals surface area (Å²) in [6.07, 6.45) is 3.22. The first-order valence-corrected chi connectivity index (χ1v) is 3.14. The number of rotatable bonds is 3. The Labute approximate surface area is 97.1 Å². The third-order valence-electron chi connectivity index (χ3n) is 1.30. The van der Waals surface area contributed by atoms with Gasteiger partial charge in [-0.3, -0.25) is 0 Å². The minimum absolute atomic E-state index is 0. The van der Waals surface area contributed by atoms with Crippen LogP contribution in [0.5, 0.6) is 0 Å². The van der Waals surface area contributed by atoms with Crippen molar-refractivity contribution in [1.82, 2.24) is 9.97 Å². The van der Waals surface area contributed by atoms with Gasteiger partial charge < -0.3 is 26.1 Å². The Balaban J connectivity index is 0. The topological polar surface area (TPSA) is 126 Å².